The van der Waals surface area contributed by atoms with Crippen molar-refractivity contribution >= 4 is 17.4 Å². The van der Waals surface area contributed by atoms with E-state index in [2.05, 4.69) is 4.98 Å². The quantitative estimate of drug-likeness (QED) is 0.378. The van der Waals surface area contributed by atoms with Crippen LogP contribution in [0.1, 0.15) is 35.7 Å². The lowest BCUT2D eigenvalue weighted by Crippen LogP contribution is -2.25. The van der Waals surface area contributed by atoms with E-state index >= 15 is 0 Å². The van der Waals surface area contributed by atoms with E-state index in [0.29, 0.717) is 5.56 Å². The molecule has 1 amide bonds. The second kappa shape index (κ2) is 9.55. The first-order valence-corrected chi connectivity index (χ1v) is 9.80. The molecule has 0 fully saturated rings. The van der Waals surface area contributed by atoms with Crippen LogP contribution in [0.3, 0.4) is 0 Å². The van der Waals surface area contributed by atoms with E-state index in [1.807, 2.05) is 0 Å². The summed E-state index contributed by atoms with van der Waals surface area (Å²) in [5.74, 6) is -2.54. The highest BCUT2D eigenvalue weighted by molar-refractivity contribution is 5.97. The predicted octanol–water partition coefficient (Wildman–Crippen LogP) is 5.35. The number of carbonyl (C=O) groups excluding carboxylic acids is 2. The summed E-state index contributed by atoms with van der Waals surface area (Å²) in [7, 11) is 1.47. The van der Waals surface area contributed by atoms with Crippen molar-refractivity contribution in [1.82, 2.24) is 4.98 Å². The molecule has 0 aliphatic heterocycles. The first-order chi connectivity index (χ1) is 14.8. The Labute approximate surface area is 178 Å². The molecular formula is C24H21F3N2O2. The van der Waals surface area contributed by atoms with Gasteiger partial charge in [0.15, 0.2) is 5.78 Å². The number of benzene rings is 2. The lowest BCUT2D eigenvalue weighted by atomic mass is 9.98. The van der Waals surface area contributed by atoms with Gasteiger partial charge in [-0.05, 0) is 36.2 Å². The number of hydrogen-bond donors (Lipinski definition) is 0. The molecule has 3 aromatic rings. The zero-order chi connectivity index (χ0) is 22.5. The zero-order valence-corrected chi connectivity index (χ0v) is 17.2. The number of aromatic nitrogens is 1. The first-order valence-electron chi connectivity index (χ1n) is 9.80. The Morgan fingerprint density at radius 1 is 1.00 bits per heavy atom. The van der Waals surface area contributed by atoms with E-state index < -0.39 is 17.6 Å². The molecule has 0 saturated carbocycles. The van der Waals surface area contributed by atoms with Gasteiger partial charge >= 0.3 is 0 Å². The standard InChI is InChI=1S/C24H21F3N2O2/c1-3-23(31)29(2)21-10-7-16(13-20(21)26)18-9-6-17(14-19(18)25)22(30)11-8-15-5-4-12-28-24(15)27/h4-7,9-10,12-14H,3,8,11H2,1-2H3. The highest BCUT2D eigenvalue weighted by Crippen LogP contribution is 2.29. The summed E-state index contributed by atoms with van der Waals surface area (Å²) in [5, 5.41) is 0. The maximum atomic E-state index is 14.7. The summed E-state index contributed by atoms with van der Waals surface area (Å²) in [5.41, 5.74) is 0.980. The molecule has 0 spiro atoms. The van der Waals surface area contributed by atoms with Gasteiger partial charge in [-0.25, -0.2) is 13.8 Å². The number of rotatable bonds is 7. The summed E-state index contributed by atoms with van der Waals surface area (Å²) in [6.07, 6.45) is 1.71. The number of hydrogen-bond acceptors (Lipinski definition) is 3. The van der Waals surface area contributed by atoms with Crippen molar-refractivity contribution in [3.63, 3.8) is 0 Å². The minimum Gasteiger partial charge on any atom is -0.313 e. The van der Waals surface area contributed by atoms with Crippen LogP contribution in [0.2, 0.25) is 0 Å². The van der Waals surface area contributed by atoms with Crippen LogP contribution in [0, 0.1) is 17.6 Å². The molecule has 0 saturated heterocycles. The van der Waals surface area contributed by atoms with Crippen molar-refractivity contribution in [2.24, 2.45) is 0 Å². The van der Waals surface area contributed by atoms with Crippen LogP contribution in [0.25, 0.3) is 11.1 Å². The van der Waals surface area contributed by atoms with Crippen LogP contribution in [-0.2, 0) is 11.2 Å². The molecule has 0 radical (unpaired) electrons. The molecule has 2 aromatic carbocycles. The second-order valence-electron chi connectivity index (χ2n) is 7.04. The van der Waals surface area contributed by atoms with Crippen molar-refractivity contribution in [2.45, 2.75) is 26.2 Å². The molecule has 1 aromatic heterocycles. The lowest BCUT2D eigenvalue weighted by molar-refractivity contribution is -0.118. The molecule has 0 unspecified atom stereocenters. The smallest absolute Gasteiger partial charge is 0.226 e. The summed E-state index contributed by atoms with van der Waals surface area (Å²) in [6.45, 7) is 1.68. The highest BCUT2D eigenvalue weighted by atomic mass is 19.1. The van der Waals surface area contributed by atoms with Gasteiger partial charge in [0.2, 0.25) is 11.9 Å². The van der Waals surface area contributed by atoms with Crippen LogP contribution in [0.5, 0.6) is 0 Å². The zero-order valence-electron chi connectivity index (χ0n) is 17.2. The fraction of sp³-hybridized carbons (Fsp3) is 0.208. The maximum Gasteiger partial charge on any atom is 0.226 e. The lowest BCUT2D eigenvalue weighted by Gasteiger charge is -2.18. The number of ketones is 1. The van der Waals surface area contributed by atoms with Gasteiger partial charge < -0.3 is 4.90 Å². The van der Waals surface area contributed by atoms with E-state index in [0.717, 1.165) is 12.1 Å². The number of pyridine rings is 1. The van der Waals surface area contributed by atoms with Crippen molar-refractivity contribution in [2.75, 3.05) is 11.9 Å². The number of anilines is 1. The van der Waals surface area contributed by atoms with Gasteiger partial charge in [-0.2, -0.15) is 4.39 Å². The minimum absolute atomic E-state index is 0.00250. The predicted molar refractivity (Wildman–Crippen MR) is 112 cm³/mol. The third-order valence-electron chi connectivity index (χ3n) is 5.05. The Balaban J connectivity index is 1.77. The Hall–Kier alpha value is -3.48. The third kappa shape index (κ3) is 4.99. The molecule has 0 atom stereocenters. The van der Waals surface area contributed by atoms with Gasteiger partial charge in [-0.3, -0.25) is 9.59 Å². The number of carbonyl (C=O) groups is 2. The first kappa shape index (κ1) is 22.2. The van der Waals surface area contributed by atoms with E-state index in [4.69, 9.17) is 0 Å². The van der Waals surface area contributed by atoms with E-state index in [1.54, 1.807) is 19.1 Å². The minimum atomic E-state index is -0.677. The van der Waals surface area contributed by atoms with Gasteiger partial charge in [-0.15, -0.1) is 0 Å². The van der Waals surface area contributed by atoms with E-state index in [1.165, 1.54) is 42.4 Å². The average molecular weight is 426 g/mol. The molecule has 160 valence electrons. The Kier molecular flexibility index (Phi) is 6.84. The topological polar surface area (TPSA) is 50.3 Å². The van der Waals surface area contributed by atoms with Gasteiger partial charge in [0, 0.05) is 42.8 Å². The fourth-order valence-electron chi connectivity index (χ4n) is 3.24. The summed E-state index contributed by atoms with van der Waals surface area (Å²) in [4.78, 5) is 28.9. The van der Waals surface area contributed by atoms with Gasteiger partial charge in [-0.1, -0.05) is 31.2 Å². The molecule has 7 heteroatoms. The Morgan fingerprint density at radius 2 is 1.77 bits per heavy atom. The number of aryl methyl sites for hydroxylation is 1. The van der Waals surface area contributed by atoms with Gasteiger partial charge in [0.05, 0.1) is 5.69 Å². The highest BCUT2D eigenvalue weighted by Gasteiger charge is 2.16. The number of amides is 1. The fourth-order valence-corrected chi connectivity index (χ4v) is 3.24. The van der Waals surface area contributed by atoms with Crippen LogP contribution < -0.4 is 4.90 Å². The normalized spacial score (nSPS) is 10.7. The summed E-state index contributed by atoms with van der Waals surface area (Å²) >= 11 is 0. The average Bonchev–Trinajstić information content (AvgIpc) is 2.77. The molecule has 0 bridgehead atoms. The monoisotopic (exact) mass is 426 g/mol. The molecule has 1 heterocycles. The molecule has 0 aliphatic rings. The number of nitrogens with zero attached hydrogens (tertiary/aromatic N) is 2. The van der Waals surface area contributed by atoms with Gasteiger partial charge in [0.25, 0.3) is 0 Å². The molecule has 0 N–H and O–H groups in total. The molecule has 0 aliphatic carbocycles. The SMILES string of the molecule is CCC(=O)N(C)c1ccc(-c2ccc(C(=O)CCc3cccnc3F)cc2F)cc1F. The Morgan fingerprint density at radius 3 is 2.42 bits per heavy atom. The molecule has 3 rings (SSSR count). The largest absolute Gasteiger partial charge is 0.313 e. The van der Waals surface area contributed by atoms with E-state index in [-0.39, 0.29) is 53.3 Å². The number of Topliss-reactive ketones (excluding diaryl/α,β-unsaturated/α-hetero) is 1. The van der Waals surface area contributed by atoms with Crippen LogP contribution >= 0.6 is 0 Å². The summed E-state index contributed by atoms with van der Waals surface area (Å²) < 4.78 is 42.8. The number of halogens is 3. The second-order valence-corrected chi connectivity index (χ2v) is 7.04. The van der Waals surface area contributed by atoms with Crippen molar-refractivity contribution in [3.8, 4) is 11.1 Å². The summed E-state index contributed by atoms with van der Waals surface area (Å²) in [6, 6.07) is 11.2. The van der Waals surface area contributed by atoms with Crippen LogP contribution in [-0.4, -0.2) is 23.7 Å². The molecule has 4 nitrogen and oxygen atoms in total. The van der Waals surface area contributed by atoms with Crippen LogP contribution in [0.15, 0.2) is 54.7 Å². The van der Waals surface area contributed by atoms with Crippen molar-refractivity contribution in [3.05, 3.63) is 83.4 Å². The molecule has 31 heavy (non-hydrogen) atoms. The van der Waals surface area contributed by atoms with E-state index in [9.17, 15) is 22.8 Å². The van der Waals surface area contributed by atoms with Gasteiger partial charge in [0.1, 0.15) is 11.6 Å². The third-order valence-corrected chi connectivity index (χ3v) is 5.05. The van der Waals surface area contributed by atoms with Crippen LogP contribution in [0.4, 0.5) is 18.9 Å². The maximum absolute atomic E-state index is 14.7. The van der Waals surface area contributed by atoms with Crippen molar-refractivity contribution < 1.29 is 22.8 Å². The van der Waals surface area contributed by atoms with Crippen molar-refractivity contribution in [1.29, 1.82) is 0 Å². The molecular weight excluding hydrogens is 405 g/mol. The Bertz CT molecular complexity index is 1130.